The number of ether oxygens (including phenoxy) is 1. The number of para-hydroxylation sites is 1. The third kappa shape index (κ3) is 3.04. The number of aromatic nitrogens is 1. The lowest BCUT2D eigenvalue weighted by Gasteiger charge is -2.13. The fourth-order valence-electron chi connectivity index (χ4n) is 2.40. The van der Waals surface area contributed by atoms with E-state index < -0.39 is 0 Å². The van der Waals surface area contributed by atoms with Gasteiger partial charge in [0.25, 0.3) is 0 Å². The monoisotopic (exact) mass is 256 g/mol. The highest BCUT2D eigenvalue weighted by Gasteiger charge is 2.27. The van der Waals surface area contributed by atoms with Crippen LogP contribution in [-0.4, -0.2) is 24.2 Å². The van der Waals surface area contributed by atoms with E-state index >= 15 is 0 Å². The van der Waals surface area contributed by atoms with Crippen LogP contribution < -0.4 is 10.1 Å². The van der Waals surface area contributed by atoms with Crippen LogP contribution in [-0.2, 0) is 0 Å². The molecule has 3 rings (SSSR count). The van der Waals surface area contributed by atoms with E-state index in [-0.39, 0.29) is 0 Å². The Morgan fingerprint density at radius 3 is 3.00 bits per heavy atom. The molecule has 1 atom stereocenters. The third-order valence-electron chi connectivity index (χ3n) is 3.75. The zero-order valence-electron chi connectivity index (χ0n) is 11.3. The first-order chi connectivity index (χ1) is 9.34. The van der Waals surface area contributed by atoms with E-state index in [9.17, 15) is 0 Å². The highest BCUT2D eigenvalue weighted by molar-refractivity contribution is 5.84. The second-order valence-electron chi connectivity index (χ2n) is 5.26. The van der Waals surface area contributed by atoms with Gasteiger partial charge in [-0.3, -0.25) is 4.98 Å². The smallest absolute Gasteiger partial charge is 0.145 e. The Labute approximate surface area is 114 Å². The highest BCUT2D eigenvalue weighted by atomic mass is 16.5. The van der Waals surface area contributed by atoms with E-state index in [0.29, 0.717) is 12.6 Å². The molecule has 1 N–H and O–H groups in total. The van der Waals surface area contributed by atoms with Gasteiger partial charge in [-0.1, -0.05) is 18.2 Å². The average Bonchev–Trinajstić information content (AvgIpc) is 3.28. The lowest BCUT2D eigenvalue weighted by atomic mass is 10.2. The summed E-state index contributed by atoms with van der Waals surface area (Å²) < 4.78 is 5.84. The molecule has 2 aromatic rings. The molecule has 0 amide bonds. The molecule has 0 radical (unpaired) electrons. The standard InChI is InChI=1S/C16H20N2O/c1-12(13-7-8-13)17-10-11-19-15-6-2-4-14-5-3-9-18-16(14)15/h2-6,9,12-13,17H,7-8,10-11H2,1H3. The van der Waals surface area contributed by atoms with E-state index in [4.69, 9.17) is 4.74 Å². The molecule has 0 saturated heterocycles. The first-order valence-corrected chi connectivity index (χ1v) is 7.04. The lowest BCUT2D eigenvalue weighted by molar-refractivity contribution is 0.306. The van der Waals surface area contributed by atoms with Crippen molar-refractivity contribution in [2.75, 3.05) is 13.2 Å². The van der Waals surface area contributed by atoms with Gasteiger partial charge >= 0.3 is 0 Å². The zero-order valence-corrected chi connectivity index (χ0v) is 11.3. The Morgan fingerprint density at radius 1 is 1.32 bits per heavy atom. The summed E-state index contributed by atoms with van der Waals surface area (Å²) in [5.41, 5.74) is 0.945. The molecule has 0 bridgehead atoms. The highest BCUT2D eigenvalue weighted by Crippen LogP contribution is 2.32. The minimum Gasteiger partial charge on any atom is -0.490 e. The van der Waals surface area contributed by atoms with Crippen molar-refractivity contribution in [2.24, 2.45) is 5.92 Å². The number of benzene rings is 1. The maximum Gasteiger partial charge on any atom is 0.145 e. The number of nitrogens with one attached hydrogen (secondary N) is 1. The number of fused-ring (bicyclic) bond motifs is 1. The first kappa shape index (κ1) is 12.4. The van der Waals surface area contributed by atoms with Crippen LogP contribution in [0.1, 0.15) is 19.8 Å². The number of hydrogen-bond donors (Lipinski definition) is 1. The topological polar surface area (TPSA) is 34.1 Å². The molecular formula is C16H20N2O. The van der Waals surface area contributed by atoms with Crippen LogP contribution in [0.25, 0.3) is 10.9 Å². The first-order valence-electron chi connectivity index (χ1n) is 7.04. The molecule has 1 saturated carbocycles. The van der Waals surface area contributed by atoms with Crippen LogP contribution in [0.3, 0.4) is 0 Å². The zero-order chi connectivity index (χ0) is 13.1. The molecule has 1 aliphatic carbocycles. The van der Waals surface area contributed by atoms with Gasteiger partial charge in [0.2, 0.25) is 0 Å². The van der Waals surface area contributed by atoms with Crippen molar-refractivity contribution in [3.05, 3.63) is 36.5 Å². The Kier molecular flexibility index (Phi) is 3.65. The van der Waals surface area contributed by atoms with Gasteiger partial charge in [0.15, 0.2) is 0 Å². The lowest BCUT2D eigenvalue weighted by Crippen LogP contribution is -2.31. The second kappa shape index (κ2) is 5.57. The number of rotatable bonds is 6. The van der Waals surface area contributed by atoms with Crippen molar-refractivity contribution in [1.29, 1.82) is 0 Å². The van der Waals surface area contributed by atoms with E-state index in [1.165, 1.54) is 12.8 Å². The van der Waals surface area contributed by atoms with Gasteiger partial charge in [-0.05, 0) is 37.8 Å². The summed E-state index contributed by atoms with van der Waals surface area (Å²) in [5.74, 6) is 1.76. The van der Waals surface area contributed by atoms with E-state index in [0.717, 1.165) is 29.1 Å². The molecule has 0 spiro atoms. The largest absolute Gasteiger partial charge is 0.490 e. The maximum absolute atomic E-state index is 5.84. The molecular weight excluding hydrogens is 236 g/mol. The van der Waals surface area contributed by atoms with Crippen LogP contribution in [0.4, 0.5) is 0 Å². The predicted octanol–water partition coefficient (Wildman–Crippen LogP) is 3.00. The third-order valence-corrected chi connectivity index (χ3v) is 3.75. The van der Waals surface area contributed by atoms with Gasteiger partial charge in [0.1, 0.15) is 17.9 Å². The van der Waals surface area contributed by atoms with Gasteiger partial charge in [-0.25, -0.2) is 0 Å². The molecule has 1 fully saturated rings. The van der Waals surface area contributed by atoms with E-state index in [1.807, 2.05) is 24.4 Å². The van der Waals surface area contributed by atoms with Crippen LogP contribution in [0.2, 0.25) is 0 Å². The van der Waals surface area contributed by atoms with Crippen LogP contribution in [0, 0.1) is 5.92 Å². The van der Waals surface area contributed by atoms with Crippen molar-refractivity contribution < 1.29 is 4.74 Å². The van der Waals surface area contributed by atoms with E-state index in [1.54, 1.807) is 0 Å². The van der Waals surface area contributed by atoms with Crippen molar-refractivity contribution in [2.45, 2.75) is 25.8 Å². The fraction of sp³-hybridized carbons (Fsp3) is 0.438. The summed E-state index contributed by atoms with van der Waals surface area (Å²) in [4.78, 5) is 4.39. The molecule has 1 aromatic carbocycles. The fourth-order valence-corrected chi connectivity index (χ4v) is 2.40. The summed E-state index contributed by atoms with van der Waals surface area (Å²) in [6.45, 7) is 3.84. The Balaban J connectivity index is 1.56. The summed E-state index contributed by atoms with van der Waals surface area (Å²) in [5, 5.41) is 4.64. The second-order valence-corrected chi connectivity index (χ2v) is 5.26. The normalized spacial score (nSPS) is 16.5. The summed E-state index contributed by atoms with van der Waals surface area (Å²) in [6.07, 6.45) is 4.56. The average molecular weight is 256 g/mol. The minimum absolute atomic E-state index is 0.620. The summed E-state index contributed by atoms with van der Waals surface area (Å²) in [6, 6.07) is 10.7. The van der Waals surface area contributed by atoms with Crippen LogP contribution in [0.15, 0.2) is 36.5 Å². The molecule has 19 heavy (non-hydrogen) atoms. The van der Waals surface area contributed by atoms with Crippen molar-refractivity contribution >= 4 is 10.9 Å². The van der Waals surface area contributed by atoms with Crippen molar-refractivity contribution in [3.63, 3.8) is 0 Å². The van der Waals surface area contributed by atoms with E-state index in [2.05, 4.69) is 29.4 Å². The number of hydrogen-bond acceptors (Lipinski definition) is 3. The van der Waals surface area contributed by atoms with Gasteiger partial charge in [-0.2, -0.15) is 0 Å². The van der Waals surface area contributed by atoms with Gasteiger partial charge in [0.05, 0.1) is 0 Å². The summed E-state index contributed by atoms with van der Waals surface area (Å²) in [7, 11) is 0. The maximum atomic E-state index is 5.84. The Bertz CT molecular complexity index is 546. The van der Waals surface area contributed by atoms with Crippen molar-refractivity contribution in [1.82, 2.24) is 10.3 Å². The molecule has 0 aliphatic heterocycles. The molecule has 1 unspecified atom stereocenters. The molecule has 3 heteroatoms. The minimum atomic E-state index is 0.620. The van der Waals surface area contributed by atoms with Gasteiger partial charge in [0, 0.05) is 24.2 Å². The van der Waals surface area contributed by atoms with Gasteiger partial charge < -0.3 is 10.1 Å². The van der Waals surface area contributed by atoms with Gasteiger partial charge in [-0.15, -0.1) is 0 Å². The Hall–Kier alpha value is -1.61. The summed E-state index contributed by atoms with van der Waals surface area (Å²) >= 11 is 0. The number of nitrogens with zero attached hydrogens (tertiary/aromatic N) is 1. The molecule has 1 aromatic heterocycles. The molecule has 100 valence electrons. The predicted molar refractivity (Wildman–Crippen MR) is 77.4 cm³/mol. The number of pyridine rings is 1. The van der Waals surface area contributed by atoms with Crippen LogP contribution in [0.5, 0.6) is 5.75 Å². The quantitative estimate of drug-likeness (QED) is 0.807. The van der Waals surface area contributed by atoms with Crippen LogP contribution >= 0.6 is 0 Å². The molecule has 3 nitrogen and oxygen atoms in total. The molecule has 1 heterocycles. The molecule has 1 aliphatic rings. The Morgan fingerprint density at radius 2 is 2.16 bits per heavy atom. The van der Waals surface area contributed by atoms with Crippen molar-refractivity contribution in [3.8, 4) is 5.75 Å². The SMILES string of the molecule is CC(NCCOc1cccc2cccnc12)C1CC1.